The Morgan fingerprint density at radius 3 is 2.50 bits per heavy atom. The molecule has 0 nitrogen and oxygen atoms in total. The molecule has 0 amide bonds. The van der Waals surface area contributed by atoms with Crippen LogP contribution in [0.1, 0.15) is 0 Å². The molecule has 0 aromatic rings. The molecule has 0 aromatic carbocycles. The molecule has 1 rings (SSSR count). The van der Waals surface area contributed by atoms with E-state index in [4.69, 9.17) is 23.2 Å². The second-order valence-corrected chi connectivity index (χ2v) is 5.21. The van der Waals surface area contributed by atoms with Gasteiger partial charge in [0.05, 0.1) is 2.97 Å². The van der Waals surface area contributed by atoms with Crippen molar-refractivity contribution in [2.75, 3.05) is 0 Å². The number of hydrogen-bond acceptors (Lipinski definition) is 0. The molecule has 0 aromatic heterocycles. The van der Waals surface area contributed by atoms with Crippen LogP contribution in [0.4, 0.5) is 0 Å². The Kier molecular flexibility index (Phi) is 2.53. The first kappa shape index (κ1) is 6.78. The van der Waals surface area contributed by atoms with Gasteiger partial charge in [-0.15, -0.1) is 0 Å². The van der Waals surface area contributed by atoms with Crippen LogP contribution < -0.4 is 0 Å². The van der Waals surface area contributed by atoms with Crippen molar-refractivity contribution in [3.63, 3.8) is 0 Å². The maximum Gasteiger partial charge on any atom is 0.0749 e. The number of hydrogen-bond donors (Lipinski definition) is 0. The Labute approximate surface area is 67.9 Å². The molecule has 1 aliphatic rings. The number of halogens is 3. The van der Waals surface area contributed by atoms with Gasteiger partial charge in [0.1, 0.15) is 0 Å². The van der Waals surface area contributed by atoms with Crippen LogP contribution in [0.3, 0.4) is 0 Å². The van der Waals surface area contributed by atoms with Gasteiger partial charge >= 0.3 is 0 Å². The fourth-order valence-corrected chi connectivity index (χ4v) is 2.82. The van der Waals surface area contributed by atoms with E-state index >= 15 is 0 Å². The Hall–Kier alpha value is 0.660. The molecule has 8 heavy (non-hydrogen) atoms. The fraction of sp³-hybridized carbons (Fsp3) is 0. The van der Waals surface area contributed by atoms with Crippen molar-refractivity contribution < 1.29 is 0 Å². The quantitative estimate of drug-likeness (QED) is 0.588. The van der Waals surface area contributed by atoms with Gasteiger partial charge in [-0.1, -0.05) is 43.9 Å². The minimum atomic E-state index is -0.0345. The first-order chi connectivity index (χ1) is 3.79. The second kappa shape index (κ2) is 2.99. The summed E-state index contributed by atoms with van der Waals surface area (Å²) in [5, 5.41) is 0.737. The van der Waals surface area contributed by atoms with E-state index in [2.05, 4.69) is 0 Å². The van der Waals surface area contributed by atoms with Crippen molar-refractivity contribution in [2.45, 2.75) is 0 Å². The summed E-state index contributed by atoms with van der Waals surface area (Å²) in [5.74, 6) is 0. The maximum atomic E-state index is 5.66. The third-order valence-corrected chi connectivity index (χ3v) is 3.16. The molecule has 1 heterocycles. The van der Waals surface area contributed by atoms with E-state index in [1.165, 1.54) is 0 Å². The lowest BCUT2D eigenvalue weighted by atomic mass is 10.5. The third-order valence-electron chi connectivity index (χ3n) is 0.636. The summed E-state index contributed by atoms with van der Waals surface area (Å²) in [6, 6.07) is 0. The standard InChI is InChI=1S/C5H3Cl2I/c6-4-1-2-8-5(7)3-4/h1-3H. The largest absolute Gasteiger partial charge is 0.0843 e. The van der Waals surface area contributed by atoms with E-state index < -0.39 is 0 Å². The molecule has 0 saturated carbocycles. The maximum absolute atomic E-state index is 5.66. The summed E-state index contributed by atoms with van der Waals surface area (Å²) >= 11 is 11.2. The summed E-state index contributed by atoms with van der Waals surface area (Å²) < 4.78 is 2.96. The van der Waals surface area contributed by atoms with Crippen LogP contribution in [0.15, 0.2) is 21.3 Å². The van der Waals surface area contributed by atoms with Gasteiger partial charge in [-0.2, -0.15) is 0 Å². The molecule has 0 aliphatic carbocycles. The Balaban J connectivity index is 2.89. The lowest BCUT2D eigenvalue weighted by Crippen LogP contribution is -1.76. The van der Waals surface area contributed by atoms with Crippen molar-refractivity contribution in [3.05, 3.63) is 21.3 Å². The van der Waals surface area contributed by atoms with E-state index in [9.17, 15) is 0 Å². The Morgan fingerprint density at radius 1 is 1.38 bits per heavy atom. The van der Waals surface area contributed by atoms with Gasteiger partial charge in [-0.05, 0) is 16.2 Å². The minimum Gasteiger partial charge on any atom is -0.0843 e. The van der Waals surface area contributed by atoms with E-state index in [1.807, 2.05) is 10.2 Å². The number of rotatable bonds is 0. The fourth-order valence-electron chi connectivity index (χ4n) is 0.336. The summed E-state index contributed by atoms with van der Waals surface area (Å²) in [6.07, 6.45) is 3.69. The molecule has 1 aliphatic heterocycles. The van der Waals surface area contributed by atoms with Crippen LogP contribution >= 0.6 is 43.9 Å². The Bertz CT molecular complexity index is 176. The predicted octanol–water partition coefficient (Wildman–Crippen LogP) is 2.98. The van der Waals surface area contributed by atoms with Crippen LogP contribution in [0.25, 0.3) is 0 Å². The van der Waals surface area contributed by atoms with Gasteiger partial charge in [0.25, 0.3) is 0 Å². The van der Waals surface area contributed by atoms with Gasteiger partial charge in [0, 0.05) is 5.03 Å². The molecule has 3 heteroatoms. The lowest BCUT2D eigenvalue weighted by molar-refractivity contribution is 1.98. The molecule has 0 radical (unpaired) electrons. The zero-order valence-corrected chi connectivity index (χ0v) is 7.54. The Morgan fingerprint density at radius 2 is 2.12 bits per heavy atom. The van der Waals surface area contributed by atoms with Crippen LogP contribution in [-0.2, 0) is 0 Å². The highest BCUT2D eigenvalue weighted by Gasteiger charge is 1.92. The first-order valence-corrected chi connectivity index (χ1v) is 5.06. The SMILES string of the molecule is ClC1=CC(Cl)=IC=C1. The van der Waals surface area contributed by atoms with Crippen LogP contribution in [0, 0.1) is 0 Å². The average Bonchev–Trinajstić information content (AvgIpc) is 1.64. The van der Waals surface area contributed by atoms with E-state index in [1.54, 1.807) is 6.08 Å². The average molecular weight is 261 g/mol. The van der Waals surface area contributed by atoms with Gasteiger partial charge in [0.15, 0.2) is 0 Å². The number of allylic oxidation sites excluding steroid dienone is 3. The van der Waals surface area contributed by atoms with Crippen LogP contribution in [-0.4, -0.2) is 2.97 Å². The molecule has 0 fully saturated rings. The van der Waals surface area contributed by atoms with E-state index in [0.29, 0.717) is 0 Å². The van der Waals surface area contributed by atoms with Crippen molar-refractivity contribution in [1.29, 1.82) is 0 Å². The normalized spacial score (nSPS) is 18.8. The zero-order chi connectivity index (χ0) is 5.98. The van der Waals surface area contributed by atoms with Gasteiger partial charge in [-0.25, -0.2) is 0 Å². The second-order valence-electron chi connectivity index (χ2n) is 1.22. The highest BCUT2D eigenvalue weighted by Crippen LogP contribution is 2.18. The molecule has 44 valence electrons. The van der Waals surface area contributed by atoms with Gasteiger partial charge < -0.3 is 0 Å². The van der Waals surface area contributed by atoms with Gasteiger partial charge in [-0.3, -0.25) is 0 Å². The molecule has 0 atom stereocenters. The predicted molar refractivity (Wildman–Crippen MR) is 48.0 cm³/mol. The van der Waals surface area contributed by atoms with E-state index in [-0.39, 0.29) is 20.7 Å². The third kappa shape index (κ3) is 1.88. The summed E-state index contributed by atoms with van der Waals surface area (Å²) in [5.41, 5.74) is 0. The van der Waals surface area contributed by atoms with Crippen molar-refractivity contribution >= 4 is 46.9 Å². The van der Waals surface area contributed by atoms with Crippen molar-refractivity contribution in [1.82, 2.24) is 0 Å². The first-order valence-electron chi connectivity index (χ1n) is 1.98. The molecular weight excluding hydrogens is 258 g/mol. The minimum absolute atomic E-state index is 0.0345. The topological polar surface area (TPSA) is 0 Å². The molecule has 0 bridgehead atoms. The van der Waals surface area contributed by atoms with E-state index in [0.717, 1.165) is 8.00 Å². The zero-order valence-electron chi connectivity index (χ0n) is 3.87. The summed E-state index contributed by atoms with van der Waals surface area (Å²) in [7, 11) is 0. The molecule has 0 N–H and O–H groups in total. The van der Waals surface area contributed by atoms with Gasteiger partial charge in [0.2, 0.25) is 0 Å². The lowest BCUT2D eigenvalue weighted by Gasteiger charge is -1.92. The van der Waals surface area contributed by atoms with Crippen molar-refractivity contribution in [2.24, 2.45) is 0 Å². The van der Waals surface area contributed by atoms with Crippen LogP contribution in [0.5, 0.6) is 0 Å². The highest BCUT2D eigenvalue weighted by atomic mass is 127. The summed E-state index contributed by atoms with van der Waals surface area (Å²) in [4.78, 5) is 0. The molecule has 0 unspecified atom stereocenters. The smallest absolute Gasteiger partial charge is 0.0749 e. The molecular formula is C5H3Cl2I. The summed E-state index contributed by atoms with van der Waals surface area (Å²) in [6.45, 7) is 0. The van der Waals surface area contributed by atoms with Crippen LogP contribution in [0.2, 0.25) is 0 Å². The highest BCUT2D eigenvalue weighted by molar-refractivity contribution is 14.2. The van der Waals surface area contributed by atoms with Crippen molar-refractivity contribution in [3.8, 4) is 0 Å². The molecule has 0 spiro atoms. The monoisotopic (exact) mass is 260 g/mol. The molecule has 0 saturated heterocycles.